The molecule has 0 aliphatic heterocycles. The Labute approximate surface area is 136 Å². The van der Waals surface area contributed by atoms with E-state index < -0.39 is 40.6 Å². The zero-order valence-corrected chi connectivity index (χ0v) is 12.7. The number of aromatic nitrogens is 3. The van der Waals surface area contributed by atoms with E-state index in [1.165, 1.54) is 6.92 Å². The first-order valence-electron chi connectivity index (χ1n) is 6.35. The minimum atomic E-state index is -4.78. The fourth-order valence-corrected chi connectivity index (χ4v) is 1.89. The third kappa shape index (κ3) is 3.53. The number of carbonyl (C=O) groups is 1. The summed E-state index contributed by atoms with van der Waals surface area (Å²) in [5.41, 5.74) is -3.08. The lowest BCUT2D eigenvalue weighted by Crippen LogP contribution is -2.25. The molecule has 0 unspecified atom stereocenters. The van der Waals surface area contributed by atoms with Crippen LogP contribution < -0.4 is 5.56 Å². The predicted molar refractivity (Wildman–Crippen MR) is 73.6 cm³/mol. The molecular weight excluding hydrogens is 358 g/mol. The van der Waals surface area contributed by atoms with Crippen LogP contribution >= 0.6 is 11.6 Å². The first-order valence-corrected chi connectivity index (χ1v) is 6.73. The van der Waals surface area contributed by atoms with Crippen molar-refractivity contribution in [2.24, 2.45) is 0 Å². The normalized spacial score (nSPS) is 11.4. The second-order valence-corrected chi connectivity index (χ2v) is 4.74. The molecule has 0 bridgehead atoms. The summed E-state index contributed by atoms with van der Waals surface area (Å²) in [5.74, 6) is -2.91. The number of alkyl halides is 3. The number of pyridine rings is 1. The molecule has 0 saturated heterocycles. The largest absolute Gasteiger partial charge is 0.461 e. The highest BCUT2D eigenvalue weighted by atomic mass is 35.5. The molecule has 0 fully saturated rings. The Balaban J connectivity index is 2.59. The van der Waals surface area contributed by atoms with E-state index in [9.17, 15) is 27.2 Å². The van der Waals surface area contributed by atoms with Gasteiger partial charge in [0.05, 0.1) is 23.4 Å². The smallest absolute Gasteiger partial charge is 0.418 e. The average Bonchev–Trinajstić information content (AvgIpc) is 2.47. The Hall–Kier alpha value is -2.49. The fourth-order valence-electron chi connectivity index (χ4n) is 1.67. The molecule has 128 valence electrons. The summed E-state index contributed by atoms with van der Waals surface area (Å²) in [7, 11) is 0. The van der Waals surface area contributed by atoms with Gasteiger partial charge in [-0.25, -0.2) is 14.2 Å². The Morgan fingerprint density at radius 2 is 2.04 bits per heavy atom. The number of carbonyl (C=O) groups excluding carboxylic acids is 1. The predicted octanol–water partition coefficient (Wildman–Crippen LogP) is 2.62. The number of hydrogen-bond acceptors (Lipinski definition) is 5. The number of halogens is 5. The first kappa shape index (κ1) is 17.9. The van der Waals surface area contributed by atoms with Crippen LogP contribution in [-0.2, 0) is 10.9 Å². The van der Waals surface area contributed by atoms with E-state index >= 15 is 0 Å². The Bertz CT molecular complexity index is 851. The van der Waals surface area contributed by atoms with Crippen LogP contribution in [0.5, 0.6) is 0 Å². The third-order valence-corrected chi connectivity index (χ3v) is 3.00. The number of nitrogens with zero attached hydrogens (tertiary/aromatic N) is 3. The van der Waals surface area contributed by atoms with Crippen LogP contribution in [0.3, 0.4) is 0 Å². The molecule has 0 saturated carbocycles. The summed E-state index contributed by atoms with van der Waals surface area (Å²) in [4.78, 5) is 27.0. The van der Waals surface area contributed by atoms with Crippen LogP contribution in [0, 0.1) is 5.82 Å². The van der Waals surface area contributed by atoms with E-state index in [0.717, 1.165) is 0 Å². The Kier molecular flexibility index (Phi) is 4.88. The van der Waals surface area contributed by atoms with Crippen LogP contribution in [-0.4, -0.2) is 27.3 Å². The van der Waals surface area contributed by atoms with Gasteiger partial charge in [-0.05, 0) is 13.0 Å². The SMILES string of the molecule is CCOC(=O)c1nc(-n2ncc(C(F)(F)F)cc2=O)c(F)cc1Cl. The molecule has 0 aromatic carbocycles. The summed E-state index contributed by atoms with van der Waals surface area (Å²) < 4.78 is 56.5. The molecule has 2 aromatic rings. The van der Waals surface area contributed by atoms with Crippen molar-refractivity contribution < 1.29 is 27.1 Å². The van der Waals surface area contributed by atoms with Crippen molar-refractivity contribution in [3.8, 4) is 5.82 Å². The fraction of sp³-hybridized carbons (Fsp3) is 0.231. The van der Waals surface area contributed by atoms with Gasteiger partial charge in [0.1, 0.15) is 0 Å². The molecule has 0 aliphatic carbocycles. The van der Waals surface area contributed by atoms with Crippen LogP contribution in [0.15, 0.2) is 23.1 Å². The van der Waals surface area contributed by atoms with E-state index in [-0.39, 0.29) is 22.4 Å². The minimum absolute atomic E-state index is 0.0119. The molecule has 0 atom stereocenters. The van der Waals surface area contributed by atoms with Crippen LogP contribution in [0.4, 0.5) is 17.6 Å². The van der Waals surface area contributed by atoms with Crippen molar-refractivity contribution in [2.75, 3.05) is 6.61 Å². The highest BCUT2D eigenvalue weighted by Crippen LogP contribution is 2.27. The van der Waals surface area contributed by atoms with Crippen molar-refractivity contribution in [1.82, 2.24) is 14.8 Å². The van der Waals surface area contributed by atoms with Crippen molar-refractivity contribution in [3.05, 3.63) is 50.8 Å². The molecular formula is C13H8ClF4N3O3. The minimum Gasteiger partial charge on any atom is -0.461 e. The van der Waals surface area contributed by atoms with Gasteiger partial charge in [-0.1, -0.05) is 11.6 Å². The van der Waals surface area contributed by atoms with E-state index in [1.54, 1.807) is 0 Å². The molecule has 6 nitrogen and oxygen atoms in total. The van der Waals surface area contributed by atoms with Crippen LogP contribution in [0.2, 0.25) is 5.02 Å². The van der Waals surface area contributed by atoms with E-state index in [4.69, 9.17) is 11.6 Å². The highest BCUT2D eigenvalue weighted by molar-refractivity contribution is 6.33. The van der Waals surface area contributed by atoms with Gasteiger partial charge in [0.2, 0.25) is 0 Å². The molecule has 0 spiro atoms. The van der Waals surface area contributed by atoms with Gasteiger partial charge in [-0.3, -0.25) is 4.79 Å². The summed E-state index contributed by atoms with van der Waals surface area (Å²) in [6.07, 6.45) is -4.45. The maximum Gasteiger partial charge on any atom is 0.418 e. The second-order valence-electron chi connectivity index (χ2n) is 4.34. The van der Waals surface area contributed by atoms with E-state index in [1.807, 2.05) is 0 Å². The molecule has 0 N–H and O–H groups in total. The maximum atomic E-state index is 14.0. The molecule has 11 heteroatoms. The number of hydrogen-bond donors (Lipinski definition) is 0. The zero-order chi connectivity index (χ0) is 18.1. The quantitative estimate of drug-likeness (QED) is 0.617. The molecule has 0 aliphatic rings. The van der Waals surface area contributed by atoms with Gasteiger partial charge in [-0.15, -0.1) is 0 Å². The van der Waals surface area contributed by atoms with Gasteiger partial charge in [0, 0.05) is 6.07 Å². The summed E-state index contributed by atoms with van der Waals surface area (Å²) in [5, 5.41) is 2.86. The highest BCUT2D eigenvalue weighted by Gasteiger charge is 2.32. The summed E-state index contributed by atoms with van der Waals surface area (Å²) in [6, 6.07) is 0.911. The summed E-state index contributed by atoms with van der Waals surface area (Å²) >= 11 is 5.68. The standard InChI is InChI=1S/C13H8ClF4N3O3/c1-2-24-12(23)10-7(14)4-8(15)11(20-10)21-9(22)3-6(5-19-21)13(16,17)18/h3-5H,2H2,1H3. The molecule has 24 heavy (non-hydrogen) atoms. The van der Waals surface area contributed by atoms with E-state index in [0.29, 0.717) is 12.3 Å². The molecule has 2 heterocycles. The lowest BCUT2D eigenvalue weighted by atomic mass is 10.3. The topological polar surface area (TPSA) is 74.1 Å². The Morgan fingerprint density at radius 1 is 1.38 bits per heavy atom. The number of ether oxygens (including phenoxy) is 1. The Morgan fingerprint density at radius 3 is 2.58 bits per heavy atom. The van der Waals surface area contributed by atoms with Crippen molar-refractivity contribution >= 4 is 17.6 Å². The third-order valence-electron chi connectivity index (χ3n) is 2.71. The summed E-state index contributed by atoms with van der Waals surface area (Å²) in [6.45, 7) is 1.50. The van der Waals surface area contributed by atoms with Crippen molar-refractivity contribution in [3.63, 3.8) is 0 Å². The average molecular weight is 366 g/mol. The number of esters is 1. The molecule has 2 aromatic heterocycles. The lowest BCUT2D eigenvalue weighted by molar-refractivity contribution is -0.138. The van der Waals surface area contributed by atoms with Crippen molar-refractivity contribution in [1.29, 1.82) is 0 Å². The van der Waals surface area contributed by atoms with Crippen LogP contribution in [0.1, 0.15) is 23.0 Å². The van der Waals surface area contributed by atoms with E-state index in [2.05, 4.69) is 14.8 Å². The van der Waals surface area contributed by atoms with Gasteiger partial charge < -0.3 is 4.74 Å². The zero-order valence-electron chi connectivity index (χ0n) is 11.9. The van der Waals surface area contributed by atoms with Gasteiger partial charge in [0.25, 0.3) is 5.56 Å². The number of rotatable bonds is 3. The lowest BCUT2D eigenvalue weighted by Gasteiger charge is -2.10. The first-order chi connectivity index (χ1) is 11.1. The van der Waals surface area contributed by atoms with Gasteiger partial charge in [0.15, 0.2) is 17.3 Å². The molecule has 0 radical (unpaired) electrons. The molecule has 2 rings (SSSR count). The van der Waals surface area contributed by atoms with Gasteiger partial charge in [-0.2, -0.15) is 23.0 Å². The van der Waals surface area contributed by atoms with Gasteiger partial charge >= 0.3 is 12.1 Å². The van der Waals surface area contributed by atoms with Crippen LogP contribution in [0.25, 0.3) is 5.82 Å². The molecule has 0 amide bonds. The monoisotopic (exact) mass is 365 g/mol. The van der Waals surface area contributed by atoms with Crippen molar-refractivity contribution in [2.45, 2.75) is 13.1 Å². The second kappa shape index (κ2) is 6.56. The maximum absolute atomic E-state index is 14.0.